The maximum Gasteiger partial charge on any atom is 0.180 e. The second kappa shape index (κ2) is 5.37. The zero-order valence-corrected chi connectivity index (χ0v) is 12.6. The molecule has 0 aliphatic carbocycles. The number of carbonyl (C=O) groups excluding carboxylic acids is 1. The lowest BCUT2D eigenvalue weighted by molar-refractivity contribution is 0.0983. The molecule has 1 aliphatic heterocycles. The van der Waals surface area contributed by atoms with Gasteiger partial charge in [-0.3, -0.25) is 9.78 Å². The maximum absolute atomic E-state index is 11.6. The van der Waals surface area contributed by atoms with Gasteiger partial charge in [0.05, 0.1) is 17.9 Å². The van der Waals surface area contributed by atoms with E-state index in [2.05, 4.69) is 28.3 Å². The number of nitrogens with zero attached hydrogens (tertiary/aromatic N) is 2. The van der Waals surface area contributed by atoms with E-state index in [0.29, 0.717) is 18.2 Å². The van der Waals surface area contributed by atoms with E-state index in [0.717, 1.165) is 18.7 Å². The Hall–Kier alpha value is -1.68. The predicted molar refractivity (Wildman–Crippen MR) is 82.6 cm³/mol. The number of pyridine rings is 1. The van der Waals surface area contributed by atoms with Gasteiger partial charge in [0, 0.05) is 17.8 Å². The van der Waals surface area contributed by atoms with E-state index in [-0.39, 0.29) is 5.78 Å². The van der Waals surface area contributed by atoms with E-state index >= 15 is 0 Å². The third-order valence-electron chi connectivity index (χ3n) is 3.96. The molecule has 3 rings (SSSR count). The molecule has 0 saturated heterocycles. The molecule has 0 amide bonds. The number of thiophene rings is 1. The van der Waals surface area contributed by atoms with Gasteiger partial charge in [-0.05, 0) is 42.5 Å². The van der Waals surface area contributed by atoms with E-state index in [1.165, 1.54) is 10.4 Å². The fraction of sp³-hybridized carbons (Fsp3) is 0.375. The Morgan fingerprint density at radius 3 is 3.00 bits per heavy atom. The van der Waals surface area contributed by atoms with Crippen LogP contribution in [-0.2, 0) is 6.42 Å². The van der Waals surface area contributed by atoms with Gasteiger partial charge >= 0.3 is 0 Å². The van der Waals surface area contributed by atoms with Gasteiger partial charge < -0.3 is 4.90 Å². The van der Waals surface area contributed by atoms with Crippen LogP contribution < -0.4 is 4.90 Å². The number of fused-ring (bicyclic) bond motifs is 1. The summed E-state index contributed by atoms with van der Waals surface area (Å²) in [7, 11) is 0. The second-order valence-corrected chi connectivity index (χ2v) is 6.10. The highest BCUT2D eigenvalue weighted by Gasteiger charge is 2.25. The van der Waals surface area contributed by atoms with Crippen molar-refractivity contribution in [2.24, 2.45) is 0 Å². The Bertz CT molecular complexity index is 618. The van der Waals surface area contributed by atoms with E-state index < -0.39 is 0 Å². The minimum atomic E-state index is 0.100. The molecule has 0 fully saturated rings. The molecule has 1 unspecified atom stereocenters. The summed E-state index contributed by atoms with van der Waals surface area (Å²) in [6, 6.07) is 6.46. The first-order chi connectivity index (χ1) is 9.70. The van der Waals surface area contributed by atoms with E-state index in [1.807, 2.05) is 36.6 Å². The summed E-state index contributed by atoms with van der Waals surface area (Å²) in [5.41, 5.74) is 3.09. The Kier molecular flexibility index (Phi) is 3.57. The van der Waals surface area contributed by atoms with Gasteiger partial charge in [0.1, 0.15) is 5.69 Å². The Morgan fingerprint density at radius 1 is 1.45 bits per heavy atom. The van der Waals surface area contributed by atoms with Crippen molar-refractivity contribution in [1.29, 1.82) is 0 Å². The SMILES string of the molecule is CCC(=O)c1ccc(N2CCc3sccc3C2C)cn1. The zero-order valence-electron chi connectivity index (χ0n) is 11.8. The van der Waals surface area contributed by atoms with Crippen molar-refractivity contribution in [3.63, 3.8) is 0 Å². The van der Waals surface area contributed by atoms with E-state index in [4.69, 9.17) is 0 Å². The number of hydrogen-bond acceptors (Lipinski definition) is 4. The Labute approximate surface area is 123 Å². The maximum atomic E-state index is 11.6. The normalized spacial score (nSPS) is 17.9. The van der Waals surface area contributed by atoms with Crippen molar-refractivity contribution in [2.75, 3.05) is 11.4 Å². The molecule has 0 aromatic carbocycles. The highest BCUT2D eigenvalue weighted by atomic mass is 32.1. The molecule has 4 heteroatoms. The molecular formula is C16H18N2OS. The average molecular weight is 286 g/mol. The number of hydrogen-bond donors (Lipinski definition) is 0. The molecule has 3 heterocycles. The van der Waals surface area contributed by atoms with Crippen LogP contribution in [0.5, 0.6) is 0 Å². The lowest BCUT2D eigenvalue weighted by atomic mass is 10.0. The molecule has 1 atom stereocenters. The highest BCUT2D eigenvalue weighted by Crippen LogP contribution is 2.35. The molecule has 0 radical (unpaired) electrons. The molecule has 104 valence electrons. The first-order valence-corrected chi connectivity index (χ1v) is 7.91. The van der Waals surface area contributed by atoms with Crippen LogP contribution in [0.25, 0.3) is 0 Å². The summed E-state index contributed by atoms with van der Waals surface area (Å²) >= 11 is 1.85. The van der Waals surface area contributed by atoms with Gasteiger partial charge in [0.2, 0.25) is 0 Å². The summed E-state index contributed by atoms with van der Waals surface area (Å²) in [5, 5.41) is 2.17. The first kappa shape index (κ1) is 13.3. The van der Waals surface area contributed by atoms with E-state index in [9.17, 15) is 4.79 Å². The molecule has 20 heavy (non-hydrogen) atoms. The van der Waals surface area contributed by atoms with Crippen molar-refractivity contribution in [3.8, 4) is 0 Å². The van der Waals surface area contributed by atoms with Crippen molar-refractivity contribution >= 4 is 22.8 Å². The number of Topliss-reactive ketones (excluding diaryl/α,β-unsaturated/α-hetero) is 1. The standard InChI is InChI=1S/C16H18N2OS/c1-3-15(19)14-5-4-12(10-17-14)18-8-6-16-13(11(18)2)7-9-20-16/h4-5,7,9-11H,3,6,8H2,1-2H3. The van der Waals surface area contributed by atoms with Crippen LogP contribution in [0.2, 0.25) is 0 Å². The summed E-state index contributed by atoms with van der Waals surface area (Å²) < 4.78 is 0. The lowest BCUT2D eigenvalue weighted by Gasteiger charge is -2.35. The molecular weight excluding hydrogens is 268 g/mol. The van der Waals surface area contributed by atoms with Gasteiger partial charge in [-0.15, -0.1) is 11.3 Å². The van der Waals surface area contributed by atoms with Crippen LogP contribution in [0.3, 0.4) is 0 Å². The lowest BCUT2D eigenvalue weighted by Crippen LogP contribution is -2.33. The van der Waals surface area contributed by atoms with Gasteiger partial charge in [0.25, 0.3) is 0 Å². The first-order valence-electron chi connectivity index (χ1n) is 7.03. The van der Waals surface area contributed by atoms with Crippen molar-refractivity contribution in [2.45, 2.75) is 32.7 Å². The Balaban J connectivity index is 1.85. The summed E-state index contributed by atoms with van der Waals surface area (Å²) in [6.07, 6.45) is 3.43. The number of anilines is 1. The fourth-order valence-electron chi connectivity index (χ4n) is 2.76. The van der Waals surface area contributed by atoms with Crippen molar-refractivity contribution in [3.05, 3.63) is 45.9 Å². The monoisotopic (exact) mass is 286 g/mol. The van der Waals surface area contributed by atoms with Crippen LogP contribution in [0.15, 0.2) is 29.8 Å². The largest absolute Gasteiger partial charge is 0.363 e. The van der Waals surface area contributed by atoms with Crippen molar-refractivity contribution in [1.82, 2.24) is 4.98 Å². The van der Waals surface area contributed by atoms with Crippen LogP contribution >= 0.6 is 11.3 Å². The second-order valence-electron chi connectivity index (χ2n) is 5.10. The average Bonchev–Trinajstić information content (AvgIpc) is 2.96. The summed E-state index contributed by atoms with van der Waals surface area (Å²) in [5.74, 6) is 0.100. The molecule has 0 bridgehead atoms. The van der Waals surface area contributed by atoms with Crippen LogP contribution in [0.1, 0.15) is 47.2 Å². The molecule has 2 aromatic heterocycles. The minimum Gasteiger partial charge on any atom is -0.363 e. The van der Waals surface area contributed by atoms with Crippen molar-refractivity contribution < 1.29 is 4.79 Å². The molecule has 0 N–H and O–H groups in total. The van der Waals surface area contributed by atoms with Crippen LogP contribution in [-0.4, -0.2) is 17.3 Å². The van der Waals surface area contributed by atoms with Gasteiger partial charge in [0.15, 0.2) is 5.78 Å². The van der Waals surface area contributed by atoms with Gasteiger partial charge in [-0.2, -0.15) is 0 Å². The van der Waals surface area contributed by atoms with E-state index in [1.54, 1.807) is 0 Å². The number of ketones is 1. The molecule has 1 aliphatic rings. The third kappa shape index (κ3) is 2.24. The van der Waals surface area contributed by atoms with Gasteiger partial charge in [-0.1, -0.05) is 6.92 Å². The summed E-state index contributed by atoms with van der Waals surface area (Å²) in [4.78, 5) is 19.8. The molecule has 0 saturated carbocycles. The summed E-state index contributed by atoms with van der Waals surface area (Å²) in [6.45, 7) is 5.11. The fourth-order valence-corrected chi connectivity index (χ4v) is 3.73. The number of carbonyl (C=O) groups is 1. The minimum absolute atomic E-state index is 0.100. The Morgan fingerprint density at radius 2 is 2.30 bits per heavy atom. The highest BCUT2D eigenvalue weighted by molar-refractivity contribution is 7.10. The molecule has 2 aromatic rings. The molecule has 0 spiro atoms. The smallest absolute Gasteiger partial charge is 0.180 e. The third-order valence-corrected chi connectivity index (χ3v) is 4.96. The van der Waals surface area contributed by atoms with Crippen LogP contribution in [0, 0.1) is 0 Å². The zero-order chi connectivity index (χ0) is 14.1. The number of aromatic nitrogens is 1. The van der Waals surface area contributed by atoms with Crippen LogP contribution in [0.4, 0.5) is 5.69 Å². The quantitative estimate of drug-likeness (QED) is 0.803. The predicted octanol–water partition coefficient (Wildman–Crippen LogP) is 3.86. The van der Waals surface area contributed by atoms with Gasteiger partial charge in [-0.25, -0.2) is 0 Å². The molecule has 3 nitrogen and oxygen atoms in total. The number of rotatable bonds is 3. The topological polar surface area (TPSA) is 33.2 Å².